The molecule has 1 aromatic carbocycles. The molecule has 0 aliphatic rings. The molecule has 1 heterocycles. The number of benzene rings is 1. The van der Waals surface area contributed by atoms with Crippen molar-refractivity contribution in [3.63, 3.8) is 0 Å². The minimum atomic E-state index is 0.234. The molecule has 0 saturated heterocycles. The minimum absolute atomic E-state index is 0.234. The van der Waals surface area contributed by atoms with E-state index in [2.05, 4.69) is 4.98 Å². The van der Waals surface area contributed by atoms with Crippen molar-refractivity contribution >= 4 is 34.8 Å². The molecule has 2 aromatic rings. The molecule has 0 spiro atoms. The Bertz CT molecular complexity index is 630. The average molecular weight is 314 g/mol. The first-order valence-electron chi connectivity index (χ1n) is 5.22. The van der Waals surface area contributed by atoms with Gasteiger partial charge in [-0.2, -0.15) is 5.26 Å². The van der Waals surface area contributed by atoms with Crippen LogP contribution < -0.4 is 4.74 Å². The SMILES string of the molecule is N#Cc1cc(COc2c(Cl)cc(Cl)cc2Cl)ccn1. The summed E-state index contributed by atoms with van der Waals surface area (Å²) in [7, 11) is 0. The summed E-state index contributed by atoms with van der Waals surface area (Å²) in [6, 6.07) is 8.45. The second-order valence-electron chi connectivity index (χ2n) is 3.65. The van der Waals surface area contributed by atoms with E-state index >= 15 is 0 Å². The van der Waals surface area contributed by atoms with Gasteiger partial charge in [-0.15, -0.1) is 0 Å². The van der Waals surface area contributed by atoms with Gasteiger partial charge in [0.15, 0.2) is 5.75 Å². The molecule has 0 bridgehead atoms. The van der Waals surface area contributed by atoms with E-state index in [0.717, 1.165) is 5.56 Å². The summed E-state index contributed by atoms with van der Waals surface area (Å²) in [6.45, 7) is 0.234. The summed E-state index contributed by atoms with van der Waals surface area (Å²) in [5, 5.41) is 9.88. The molecule has 0 N–H and O–H groups in total. The normalized spacial score (nSPS) is 10.0. The van der Waals surface area contributed by atoms with Gasteiger partial charge in [0, 0.05) is 11.2 Å². The number of halogens is 3. The van der Waals surface area contributed by atoms with Gasteiger partial charge in [0.25, 0.3) is 0 Å². The van der Waals surface area contributed by atoms with Crippen molar-refractivity contribution in [2.24, 2.45) is 0 Å². The first kappa shape index (κ1) is 14.0. The Morgan fingerprint density at radius 2 is 1.84 bits per heavy atom. The summed E-state index contributed by atoms with van der Waals surface area (Å²) < 4.78 is 5.55. The van der Waals surface area contributed by atoms with Crippen LogP contribution in [0.4, 0.5) is 0 Å². The third-order valence-corrected chi connectivity index (χ3v) is 3.06. The number of hydrogen-bond donors (Lipinski definition) is 0. The third kappa shape index (κ3) is 3.51. The lowest BCUT2D eigenvalue weighted by molar-refractivity contribution is 0.306. The number of rotatable bonds is 3. The Morgan fingerprint density at radius 1 is 1.16 bits per heavy atom. The molecule has 1 aromatic heterocycles. The lowest BCUT2D eigenvalue weighted by Crippen LogP contribution is -1.98. The standard InChI is InChI=1S/C13H7Cl3N2O/c14-9-4-11(15)13(12(16)5-9)19-7-8-1-2-18-10(3-8)6-17/h1-5H,7H2. The van der Waals surface area contributed by atoms with Crippen LogP contribution in [0.2, 0.25) is 15.1 Å². The number of ether oxygens (including phenoxy) is 1. The number of nitriles is 1. The molecule has 0 unspecified atom stereocenters. The van der Waals surface area contributed by atoms with E-state index < -0.39 is 0 Å². The van der Waals surface area contributed by atoms with Gasteiger partial charge in [-0.3, -0.25) is 0 Å². The molecular formula is C13H7Cl3N2O. The summed E-state index contributed by atoms with van der Waals surface area (Å²) in [5.41, 5.74) is 1.13. The molecule has 0 radical (unpaired) electrons. The van der Waals surface area contributed by atoms with Gasteiger partial charge in [-0.05, 0) is 29.8 Å². The number of pyridine rings is 1. The third-order valence-electron chi connectivity index (χ3n) is 2.29. The zero-order valence-corrected chi connectivity index (χ0v) is 11.8. The zero-order chi connectivity index (χ0) is 13.8. The quantitative estimate of drug-likeness (QED) is 0.838. The largest absolute Gasteiger partial charge is 0.486 e. The number of nitrogens with zero attached hydrogens (tertiary/aromatic N) is 2. The van der Waals surface area contributed by atoms with Crippen LogP contribution in [0.5, 0.6) is 5.75 Å². The van der Waals surface area contributed by atoms with Gasteiger partial charge in [-0.25, -0.2) is 4.98 Å². The number of aromatic nitrogens is 1. The first-order chi connectivity index (χ1) is 9.10. The smallest absolute Gasteiger partial charge is 0.157 e. The molecule has 0 amide bonds. The monoisotopic (exact) mass is 312 g/mol. The number of hydrogen-bond acceptors (Lipinski definition) is 3. The Kier molecular flexibility index (Phi) is 4.49. The van der Waals surface area contributed by atoms with Crippen LogP contribution in [0, 0.1) is 11.3 Å². The molecule has 0 fully saturated rings. The van der Waals surface area contributed by atoms with Crippen LogP contribution in [0.1, 0.15) is 11.3 Å². The Balaban J connectivity index is 2.17. The van der Waals surface area contributed by atoms with Crippen molar-refractivity contribution in [3.05, 3.63) is 56.8 Å². The molecule has 2 rings (SSSR count). The molecule has 3 nitrogen and oxygen atoms in total. The summed E-state index contributed by atoms with van der Waals surface area (Å²) in [6.07, 6.45) is 1.54. The van der Waals surface area contributed by atoms with Gasteiger partial charge in [-0.1, -0.05) is 34.8 Å². The Morgan fingerprint density at radius 3 is 2.47 bits per heavy atom. The predicted octanol–water partition coefficient (Wildman–Crippen LogP) is 4.49. The Hall–Kier alpha value is -1.47. The van der Waals surface area contributed by atoms with Crippen LogP contribution in [0.3, 0.4) is 0 Å². The molecule has 0 atom stereocenters. The summed E-state index contributed by atoms with van der Waals surface area (Å²) >= 11 is 17.8. The van der Waals surface area contributed by atoms with Crippen molar-refractivity contribution in [2.45, 2.75) is 6.61 Å². The fourth-order valence-electron chi connectivity index (χ4n) is 1.45. The average Bonchev–Trinajstić information content (AvgIpc) is 2.37. The van der Waals surface area contributed by atoms with Crippen LogP contribution in [-0.4, -0.2) is 4.98 Å². The predicted molar refractivity (Wildman–Crippen MR) is 74.8 cm³/mol. The highest BCUT2D eigenvalue weighted by Gasteiger charge is 2.09. The van der Waals surface area contributed by atoms with E-state index in [0.29, 0.717) is 26.5 Å². The van der Waals surface area contributed by atoms with Crippen LogP contribution in [-0.2, 0) is 6.61 Å². The van der Waals surface area contributed by atoms with Crippen molar-refractivity contribution in [1.29, 1.82) is 5.26 Å². The van der Waals surface area contributed by atoms with Gasteiger partial charge in [0.05, 0.1) is 10.0 Å². The summed E-state index contributed by atoms with van der Waals surface area (Å²) in [5.74, 6) is 0.364. The maximum Gasteiger partial charge on any atom is 0.157 e. The van der Waals surface area contributed by atoms with Crippen molar-refractivity contribution in [1.82, 2.24) is 4.98 Å². The molecule has 96 valence electrons. The summed E-state index contributed by atoms with van der Waals surface area (Å²) in [4.78, 5) is 3.87. The van der Waals surface area contributed by atoms with Crippen LogP contribution in [0.25, 0.3) is 0 Å². The van der Waals surface area contributed by atoms with Gasteiger partial charge < -0.3 is 4.74 Å². The van der Waals surface area contributed by atoms with E-state index in [1.54, 1.807) is 30.5 Å². The first-order valence-corrected chi connectivity index (χ1v) is 6.36. The minimum Gasteiger partial charge on any atom is -0.486 e. The van der Waals surface area contributed by atoms with E-state index in [1.165, 1.54) is 0 Å². The molecule has 19 heavy (non-hydrogen) atoms. The second kappa shape index (κ2) is 6.12. The van der Waals surface area contributed by atoms with Gasteiger partial charge in [0.1, 0.15) is 18.4 Å². The van der Waals surface area contributed by atoms with Crippen LogP contribution >= 0.6 is 34.8 Å². The molecule has 0 saturated carbocycles. The van der Waals surface area contributed by atoms with Crippen molar-refractivity contribution in [3.8, 4) is 11.8 Å². The highest BCUT2D eigenvalue weighted by atomic mass is 35.5. The van der Waals surface area contributed by atoms with Crippen molar-refractivity contribution < 1.29 is 4.74 Å². The van der Waals surface area contributed by atoms with Gasteiger partial charge >= 0.3 is 0 Å². The topological polar surface area (TPSA) is 45.9 Å². The van der Waals surface area contributed by atoms with Crippen molar-refractivity contribution in [2.75, 3.05) is 0 Å². The van der Waals surface area contributed by atoms with E-state index in [9.17, 15) is 0 Å². The molecule has 0 aliphatic carbocycles. The van der Waals surface area contributed by atoms with E-state index in [-0.39, 0.29) is 6.61 Å². The molecular weight excluding hydrogens is 307 g/mol. The van der Waals surface area contributed by atoms with Gasteiger partial charge in [0.2, 0.25) is 0 Å². The highest BCUT2D eigenvalue weighted by Crippen LogP contribution is 2.36. The lowest BCUT2D eigenvalue weighted by Gasteiger charge is -2.10. The second-order valence-corrected chi connectivity index (χ2v) is 4.90. The zero-order valence-electron chi connectivity index (χ0n) is 9.53. The maximum absolute atomic E-state index is 8.76. The van der Waals surface area contributed by atoms with Crippen LogP contribution in [0.15, 0.2) is 30.5 Å². The van der Waals surface area contributed by atoms with E-state index in [4.69, 9.17) is 44.8 Å². The molecule has 6 heteroatoms. The maximum atomic E-state index is 8.76. The Labute approximate surface area is 125 Å². The fraction of sp³-hybridized carbons (Fsp3) is 0.0769. The van der Waals surface area contributed by atoms with E-state index in [1.807, 2.05) is 6.07 Å². The highest BCUT2D eigenvalue weighted by molar-refractivity contribution is 6.40. The molecule has 0 aliphatic heterocycles. The lowest BCUT2D eigenvalue weighted by atomic mass is 10.2. The fourth-order valence-corrected chi connectivity index (χ4v) is 2.37.